The molecule has 0 saturated carbocycles. The van der Waals surface area contributed by atoms with Crippen molar-refractivity contribution < 1.29 is 9.13 Å². The molecular weight excluding hydrogens is 273 g/mol. The maximum Gasteiger partial charge on any atom is 0.295 e. The Morgan fingerprint density at radius 1 is 1.53 bits per heavy atom. The van der Waals surface area contributed by atoms with Crippen LogP contribution in [-0.4, -0.2) is 17.1 Å². The summed E-state index contributed by atoms with van der Waals surface area (Å²) in [5, 5.41) is 2.98. The summed E-state index contributed by atoms with van der Waals surface area (Å²) in [5.74, 6) is -0.0697. The number of aromatic amines is 1. The molecule has 0 spiro atoms. The van der Waals surface area contributed by atoms with Gasteiger partial charge in [-0.25, -0.2) is 9.37 Å². The number of ether oxygens (including phenoxy) is 1. The van der Waals surface area contributed by atoms with E-state index in [2.05, 4.69) is 15.3 Å². The lowest BCUT2D eigenvalue weighted by atomic mass is 10.2. The van der Waals surface area contributed by atoms with E-state index in [1.165, 1.54) is 25.6 Å². The Hall–Kier alpha value is -2.08. The molecule has 0 bridgehead atoms. The molecule has 2 N–H and O–H groups in total. The van der Waals surface area contributed by atoms with Crippen LogP contribution in [0.2, 0.25) is 5.02 Å². The van der Waals surface area contributed by atoms with Gasteiger partial charge in [0.1, 0.15) is 5.82 Å². The van der Waals surface area contributed by atoms with E-state index >= 15 is 0 Å². The number of aromatic nitrogens is 2. The first-order valence-corrected chi connectivity index (χ1v) is 5.79. The van der Waals surface area contributed by atoms with Crippen LogP contribution < -0.4 is 15.6 Å². The van der Waals surface area contributed by atoms with Crippen LogP contribution in [0.1, 0.15) is 5.56 Å². The van der Waals surface area contributed by atoms with E-state index in [-0.39, 0.29) is 16.3 Å². The van der Waals surface area contributed by atoms with Crippen LogP contribution in [-0.2, 0) is 6.54 Å². The van der Waals surface area contributed by atoms with E-state index in [1.807, 2.05) is 0 Å². The van der Waals surface area contributed by atoms with E-state index in [0.717, 1.165) is 5.56 Å². The fraction of sp³-hybridized carbons (Fsp3) is 0.167. The van der Waals surface area contributed by atoms with Gasteiger partial charge in [0.15, 0.2) is 5.82 Å². The molecule has 0 aliphatic rings. The van der Waals surface area contributed by atoms with Crippen LogP contribution in [0.15, 0.2) is 29.3 Å². The summed E-state index contributed by atoms with van der Waals surface area (Å²) >= 11 is 5.68. The van der Waals surface area contributed by atoms with Gasteiger partial charge in [0.2, 0.25) is 5.75 Å². The van der Waals surface area contributed by atoms with E-state index in [1.54, 1.807) is 6.07 Å². The van der Waals surface area contributed by atoms with E-state index in [4.69, 9.17) is 16.3 Å². The maximum atomic E-state index is 13.0. The van der Waals surface area contributed by atoms with Gasteiger partial charge in [0.25, 0.3) is 5.56 Å². The van der Waals surface area contributed by atoms with Gasteiger partial charge in [-0.2, -0.15) is 0 Å². The van der Waals surface area contributed by atoms with Gasteiger partial charge in [-0.3, -0.25) is 4.79 Å². The van der Waals surface area contributed by atoms with Gasteiger partial charge < -0.3 is 15.0 Å². The minimum atomic E-state index is -0.475. The molecule has 1 heterocycles. The first kappa shape index (κ1) is 13.4. The zero-order chi connectivity index (χ0) is 13.8. The predicted molar refractivity (Wildman–Crippen MR) is 70.1 cm³/mol. The molecule has 0 aliphatic heterocycles. The van der Waals surface area contributed by atoms with Crippen LogP contribution in [0, 0.1) is 5.82 Å². The fourth-order valence-electron chi connectivity index (χ4n) is 1.54. The van der Waals surface area contributed by atoms with Crippen molar-refractivity contribution >= 4 is 17.4 Å². The van der Waals surface area contributed by atoms with E-state index in [0.29, 0.717) is 12.4 Å². The Morgan fingerprint density at radius 3 is 3.00 bits per heavy atom. The molecule has 0 amide bonds. The Bertz CT molecular complexity index is 645. The quantitative estimate of drug-likeness (QED) is 0.902. The Labute approximate surface area is 113 Å². The molecule has 7 heteroatoms. The number of hydrogen-bond donors (Lipinski definition) is 2. The average molecular weight is 284 g/mol. The molecule has 100 valence electrons. The second-order valence-corrected chi connectivity index (χ2v) is 4.12. The predicted octanol–water partition coefficient (Wildman–Crippen LogP) is 2.18. The molecule has 0 aliphatic carbocycles. The molecule has 5 nitrogen and oxygen atoms in total. The Kier molecular flexibility index (Phi) is 4.01. The molecule has 1 aromatic carbocycles. The van der Waals surface area contributed by atoms with Crippen LogP contribution in [0.25, 0.3) is 0 Å². The van der Waals surface area contributed by atoms with E-state index in [9.17, 15) is 9.18 Å². The molecule has 0 radical (unpaired) electrons. The van der Waals surface area contributed by atoms with Crippen molar-refractivity contribution in [3.63, 3.8) is 0 Å². The van der Waals surface area contributed by atoms with Crippen molar-refractivity contribution in [3.8, 4) is 5.75 Å². The average Bonchev–Trinajstić information content (AvgIpc) is 2.40. The zero-order valence-corrected chi connectivity index (χ0v) is 10.8. The van der Waals surface area contributed by atoms with Crippen molar-refractivity contribution in [2.45, 2.75) is 6.54 Å². The lowest BCUT2D eigenvalue weighted by Crippen LogP contribution is -2.14. The third-order valence-corrected chi connectivity index (χ3v) is 2.75. The number of H-pyrrole nitrogens is 1. The van der Waals surface area contributed by atoms with Crippen LogP contribution in [0.4, 0.5) is 10.2 Å². The summed E-state index contributed by atoms with van der Waals surface area (Å²) < 4.78 is 18.0. The second-order valence-electron chi connectivity index (χ2n) is 3.72. The van der Waals surface area contributed by atoms with Crippen molar-refractivity contribution in [2.75, 3.05) is 12.4 Å². The monoisotopic (exact) mass is 283 g/mol. The molecule has 0 atom stereocenters. The van der Waals surface area contributed by atoms with Crippen molar-refractivity contribution in [1.82, 2.24) is 9.97 Å². The zero-order valence-electron chi connectivity index (χ0n) is 10.0. The molecular formula is C12H11ClFN3O2. The smallest absolute Gasteiger partial charge is 0.295 e. The Morgan fingerprint density at radius 2 is 2.32 bits per heavy atom. The van der Waals surface area contributed by atoms with Crippen molar-refractivity contribution in [3.05, 3.63) is 51.3 Å². The first-order chi connectivity index (χ1) is 9.11. The number of hydrogen-bond acceptors (Lipinski definition) is 4. The highest BCUT2D eigenvalue weighted by Gasteiger charge is 2.08. The molecule has 0 fully saturated rings. The van der Waals surface area contributed by atoms with Crippen molar-refractivity contribution in [2.24, 2.45) is 0 Å². The molecule has 2 rings (SSSR count). The molecule has 2 aromatic rings. The standard InChI is InChI=1S/C12H11ClFN3O2/c1-19-10-11(16-6-17-12(10)18)15-5-7-2-3-9(14)8(13)4-7/h2-4,6H,5H2,1H3,(H2,15,16,17,18). The van der Waals surface area contributed by atoms with Crippen molar-refractivity contribution in [1.29, 1.82) is 0 Å². The minimum Gasteiger partial charge on any atom is -0.489 e. The highest BCUT2D eigenvalue weighted by molar-refractivity contribution is 6.30. The second kappa shape index (κ2) is 5.71. The lowest BCUT2D eigenvalue weighted by molar-refractivity contribution is 0.408. The number of nitrogens with zero attached hydrogens (tertiary/aromatic N) is 1. The third kappa shape index (κ3) is 3.03. The molecule has 0 saturated heterocycles. The normalized spacial score (nSPS) is 10.3. The maximum absolute atomic E-state index is 13.0. The fourth-order valence-corrected chi connectivity index (χ4v) is 1.74. The number of rotatable bonds is 4. The highest BCUT2D eigenvalue weighted by atomic mass is 35.5. The summed E-state index contributed by atoms with van der Waals surface area (Å²) in [7, 11) is 1.38. The highest BCUT2D eigenvalue weighted by Crippen LogP contribution is 2.19. The Balaban J connectivity index is 2.16. The number of nitrogens with one attached hydrogen (secondary N) is 2. The number of benzene rings is 1. The van der Waals surface area contributed by atoms with E-state index < -0.39 is 5.82 Å². The minimum absolute atomic E-state index is 0.0464. The van der Waals surface area contributed by atoms with Crippen LogP contribution in [0.3, 0.4) is 0 Å². The topological polar surface area (TPSA) is 67.0 Å². The molecule has 1 aromatic heterocycles. The first-order valence-electron chi connectivity index (χ1n) is 5.41. The van der Waals surface area contributed by atoms with Crippen LogP contribution in [0.5, 0.6) is 5.75 Å². The van der Waals surface area contributed by atoms with Gasteiger partial charge in [-0.05, 0) is 17.7 Å². The molecule has 0 unspecified atom stereocenters. The largest absolute Gasteiger partial charge is 0.489 e. The SMILES string of the molecule is COc1c(NCc2ccc(F)c(Cl)c2)nc[nH]c1=O. The molecule has 19 heavy (non-hydrogen) atoms. The third-order valence-electron chi connectivity index (χ3n) is 2.46. The number of anilines is 1. The van der Waals surface area contributed by atoms with Gasteiger partial charge in [-0.1, -0.05) is 17.7 Å². The summed E-state index contributed by atoms with van der Waals surface area (Å²) in [6, 6.07) is 4.37. The summed E-state index contributed by atoms with van der Waals surface area (Å²) in [4.78, 5) is 17.8. The van der Waals surface area contributed by atoms with Crippen LogP contribution >= 0.6 is 11.6 Å². The number of halogens is 2. The summed E-state index contributed by atoms with van der Waals surface area (Å²) in [6.45, 7) is 0.340. The summed E-state index contributed by atoms with van der Waals surface area (Å²) in [6.07, 6.45) is 1.27. The van der Waals surface area contributed by atoms with Gasteiger partial charge >= 0.3 is 0 Å². The van der Waals surface area contributed by atoms with Gasteiger partial charge in [0.05, 0.1) is 18.5 Å². The number of methoxy groups -OCH3 is 1. The van der Waals surface area contributed by atoms with Gasteiger partial charge in [0, 0.05) is 6.54 Å². The lowest BCUT2D eigenvalue weighted by Gasteiger charge is -2.09. The summed E-state index contributed by atoms with van der Waals surface area (Å²) in [5.41, 5.74) is 0.382. The van der Waals surface area contributed by atoms with Gasteiger partial charge in [-0.15, -0.1) is 0 Å².